The predicted molar refractivity (Wildman–Crippen MR) is 78.1 cm³/mol. The molecular formula is C15H22N4O2. The van der Waals surface area contributed by atoms with E-state index in [2.05, 4.69) is 5.10 Å². The molecule has 3 rings (SSSR count). The van der Waals surface area contributed by atoms with Crippen LogP contribution in [0.1, 0.15) is 44.9 Å². The monoisotopic (exact) mass is 290 g/mol. The lowest BCUT2D eigenvalue weighted by atomic mass is 9.79. The molecular weight excluding hydrogens is 268 g/mol. The van der Waals surface area contributed by atoms with Gasteiger partial charge in [-0.1, -0.05) is 25.7 Å². The number of nitrogen functional groups attached to an aromatic ring is 1. The second kappa shape index (κ2) is 5.50. The van der Waals surface area contributed by atoms with E-state index in [9.17, 15) is 9.59 Å². The quantitative estimate of drug-likeness (QED) is 0.857. The number of amides is 2. The van der Waals surface area contributed by atoms with Crippen molar-refractivity contribution in [2.75, 3.05) is 12.3 Å². The number of nitrogens with two attached hydrogens (primary N) is 1. The van der Waals surface area contributed by atoms with Gasteiger partial charge in [-0.15, -0.1) is 0 Å². The van der Waals surface area contributed by atoms with Crippen LogP contribution in [-0.4, -0.2) is 33.0 Å². The number of carbonyl (C=O) groups is 2. The zero-order valence-electron chi connectivity index (χ0n) is 12.3. The Kier molecular flexibility index (Phi) is 3.69. The van der Waals surface area contributed by atoms with Gasteiger partial charge >= 0.3 is 0 Å². The number of hydrogen-bond acceptors (Lipinski definition) is 4. The Morgan fingerprint density at radius 3 is 2.48 bits per heavy atom. The summed E-state index contributed by atoms with van der Waals surface area (Å²) < 4.78 is 1.67. The molecule has 2 aliphatic rings. The number of anilines is 1. The third-order valence-corrected chi connectivity index (χ3v) is 4.76. The average Bonchev–Trinajstić information content (AvgIpc) is 2.84. The predicted octanol–water partition coefficient (Wildman–Crippen LogP) is 1.56. The summed E-state index contributed by atoms with van der Waals surface area (Å²) in [6, 6.07) is 0. The summed E-state index contributed by atoms with van der Waals surface area (Å²) in [4.78, 5) is 26.4. The molecule has 2 amide bonds. The minimum atomic E-state index is -0.406. The first-order valence-corrected chi connectivity index (χ1v) is 7.73. The standard InChI is InChI=1S/C15H22N4O2/c16-12-10-17-18(11-12)7-8-19-13(20)9-15(14(19)21)5-3-1-2-4-6-15/h10-11H,1-9,16H2. The van der Waals surface area contributed by atoms with Gasteiger partial charge in [-0.05, 0) is 12.8 Å². The van der Waals surface area contributed by atoms with Gasteiger partial charge in [-0.2, -0.15) is 5.10 Å². The van der Waals surface area contributed by atoms with E-state index in [1.54, 1.807) is 17.1 Å². The zero-order chi connectivity index (χ0) is 14.9. The molecule has 1 aromatic rings. The average molecular weight is 290 g/mol. The van der Waals surface area contributed by atoms with E-state index < -0.39 is 5.41 Å². The van der Waals surface area contributed by atoms with Crippen molar-refractivity contribution in [3.05, 3.63) is 12.4 Å². The molecule has 1 aromatic heterocycles. The number of nitrogens with zero attached hydrogens (tertiary/aromatic N) is 3. The van der Waals surface area contributed by atoms with Gasteiger partial charge in [0.15, 0.2) is 0 Å². The Morgan fingerprint density at radius 2 is 1.86 bits per heavy atom. The van der Waals surface area contributed by atoms with Crippen molar-refractivity contribution in [3.63, 3.8) is 0 Å². The van der Waals surface area contributed by atoms with Crippen molar-refractivity contribution in [1.82, 2.24) is 14.7 Å². The Hall–Kier alpha value is -1.85. The fourth-order valence-corrected chi connectivity index (χ4v) is 3.59. The van der Waals surface area contributed by atoms with Crippen molar-refractivity contribution >= 4 is 17.5 Å². The van der Waals surface area contributed by atoms with E-state index in [4.69, 9.17) is 5.73 Å². The summed E-state index contributed by atoms with van der Waals surface area (Å²) >= 11 is 0. The van der Waals surface area contributed by atoms with Crippen LogP contribution in [0.15, 0.2) is 12.4 Å². The van der Waals surface area contributed by atoms with E-state index >= 15 is 0 Å². The van der Waals surface area contributed by atoms with Crippen LogP contribution < -0.4 is 5.73 Å². The fourth-order valence-electron chi connectivity index (χ4n) is 3.59. The first-order valence-electron chi connectivity index (χ1n) is 7.73. The highest BCUT2D eigenvalue weighted by Gasteiger charge is 2.50. The third-order valence-electron chi connectivity index (χ3n) is 4.76. The van der Waals surface area contributed by atoms with Crippen LogP contribution in [0.5, 0.6) is 0 Å². The Bertz CT molecular complexity index is 544. The molecule has 0 aromatic carbocycles. The minimum absolute atomic E-state index is 0.0259. The highest BCUT2D eigenvalue weighted by atomic mass is 16.2. The molecule has 6 nitrogen and oxygen atoms in total. The Labute approximate surface area is 124 Å². The van der Waals surface area contributed by atoms with Crippen molar-refractivity contribution in [2.24, 2.45) is 5.41 Å². The molecule has 2 fully saturated rings. The number of rotatable bonds is 3. The maximum absolute atomic E-state index is 12.7. The van der Waals surface area contributed by atoms with Crippen LogP contribution in [0.25, 0.3) is 0 Å². The van der Waals surface area contributed by atoms with Crippen LogP contribution in [0, 0.1) is 5.41 Å². The number of hydrogen-bond donors (Lipinski definition) is 1. The topological polar surface area (TPSA) is 81.2 Å². The molecule has 0 unspecified atom stereocenters. The second-order valence-electron chi connectivity index (χ2n) is 6.26. The maximum atomic E-state index is 12.7. The van der Waals surface area contributed by atoms with Crippen LogP contribution >= 0.6 is 0 Å². The summed E-state index contributed by atoms with van der Waals surface area (Å²) in [6.45, 7) is 0.894. The van der Waals surface area contributed by atoms with E-state index in [0.29, 0.717) is 25.2 Å². The number of likely N-dealkylation sites (tertiary alicyclic amines) is 1. The smallest absolute Gasteiger partial charge is 0.235 e. The highest BCUT2D eigenvalue weighted by Crippen LogP contribution is 2.44. The van der Waals surface area contributed by atoms with Gasteiger partial charge in [-0.25, -0.2) is 0 Å². The molecule has 1 aliphatic carbocycles. The lowest BCUT2D eigenvalue weighted by molar-refractivity contribution is -0.141. The van der Waals surface area contributed by atoms with Crippen LogP contribution in [-0.2, 0) is 16.1 Å². The van der Waals surface area contributed by atoms with Crippen LogP contribution in [0.4, 0.5) is 5.69 Å². The van der Waals surface area contributed by atoms with Gasteiger partial charge in [0.1, 0.15) is 0 Å². The molecule has 1 spiro atoms. The van der Waals surface area contributed by atoms with Crippen LogP contribution in [0.2, 0.25) is 0 Å². The van der Waals surface area contributed by atoms with E-state index in [-0.39, 0.29) is 11.8 Å². The van der Waals surface area contributed by atoms with Crippen molar-refractivity contribution in [1.29, 1.82) is 0 Å². The molecule has 2 N–H and O–H groups in total. The molecule has 1 saturated heterocycles. The lowest BCUT2D eigenvalue weighted by Gasteiger charge is -2.25. The van der Waals surface area contributed by atoms with E-state index in [1.807, 2.05) is 0 Å². The highest BCUT2D eigenvalue weighted by molar-refractivity contribution is 6.05. The summed E-state index contributed by atoms with van der Waals surface area (Å²) in [5.41, 5.74) is 5.80. The largest absolute Gasteiger partial charge is 0.396 e. The zero-order valence-corrected chi connectivity index (χ0v) is 12.3. The van der Waals surface area contributed by atoms with Gasteiger partial charge in [0, 0.05) is 19.2 Å². The molecule has 1 aliphatic heterocycles. The first kappa shape index (κ1) is 14.1. The molecule has 1 saturated carbocycles. The van der Waals surface area contributed by atoms with Gasteiger partial charge in [0.2, 0.25) is 11.8 Å². The lowest BCUT2D eigenvalue weighted by Crippen LogP contribution is -2.37. The number of carbonyl (C=O) groups excluding carboxylic acids is 2. The molecule has 6 heteroatoms. The van der Waals surface area contributed by atoms with Gasteiger partial charge in [-0.3, -0.25) is 19.2 Å². The molecule has 114 valence electrons. The normalized spacial score (nSPS) is 22.0. The van der Waals surface area contributed by atoms with Gasteiger partial charge < -0.3 is 5.73 Å². The summed E-state index contributed by atoms with van der Waals surface area (Å²) in [5, 5.41) is 4.09. The van der Waals surface area contributed by atoms with E-state index in [0.717, 1.165) is 25.7 Å². The molecule has 0 atom stereocenters. The molecule has 21 heavy (non-hydrogen) atoms. The third kappa shape index (κ3) is 2.66. The maximum Gasteiger partial charge on any atom is 0.235 e. The number of aromatic nitrogens is 2. The Balaban J connectivity index is 1.68. The SMILES string of the molecule is Nc1cnn(CCN2C(=O)CC3(CCCCCC3)C2=O)c1. The van der Waals surface area contributed by atoms with Crippen molar-refractivity contribution < 1.29 is 9.59 Å². The van der Waals surface area contributed by atoms with Gasteiger partial charge in [0.05, 0.1) is 23.8 Å². The molecule has 0 bridgehead atoms. The summed E-state index contributed by atoms with van der Waals surface area (Å²) in [5.74, 6) is 0.0107. The number of imide groups is 1. The van der Waals surface area contributed by atoms with Crippen molar-refractivity contribution in [3.8, 4) is 0 Å². The second-order valence-corrected chi connectivity index (χ2v) is 6.26. The minimum Gasteiger partial charge on any atom is -0.396 e. The molecule has 2 heterocycles. The fraction of sp³-hybridized carbons (Fsp3) is 0.667. The summed E-state index contributed by atoms with van der Waals surface area (Å²) in [6.07, 6.45) is 9.88. The molecule has 0 radical (unpaired) electrons. The van der Waals surface area contributed by atoms with E-state index in [1.165, 1.54) is 17.7 Å². The van der Waals surface area contributed by atoms with Gasteiger partial charge in [0.25, 0.3) is 0 Å². The van der Waals surface area contributed by atoms with Crippen LogP contribution in [0.3, 0.4) is 0 Å². The summed E-state index contributed by atoms with van der Waals surface area (Å²) in [7, 11) is 0. The Morgan fingerprint density at radius 1 is 1.14 bits per heavy atom. The van der Waals surface area contributed by atoms with Crippen molar-refractivity contribution in [2.45, 2.75) is 51.5 Å². The first-order chi connectivity index (χ1) is 10.1.